The average Bonchev–Trinajstić information content (AvgIpc) is 2.28. The zero-order valence-electron chi connectivity index (χ0n) is 9.17. The van der Waals surface area contributed by atoms with Crippen LogP contribution in [0.1, 0.15) is 10.4 Å². The van der Waals surface area contributed by atoms with E-state index in [-0.39, 0.29) is 5.91 Å². The zero-order chi connectivity index (χ0) is 12.1. The minimum atomic E-state index is 0.0437. The smallest absolute Gasteiger partial charge is 0.254 e. The lowest BCUT2D eigenvalue weighted by atomic mass is 10.2. The van der Waals surface area contributed by atoms with Gasteiger partial charge < -0.3 is 4.90 Å². The molecular weight excluding hydrogens is 354 g/mol. The number of rotatable bonds is 4. The molecule has 0 atom stereocenters. The van der Waals surface area contributed by atoms with Crippen LogP contribution in [-0.2, 0) is 0 Å². The third-order valence-electron chi connectivity index (χ3n) is 2.14. The van der Waals surface area contributed by atoms with Gasteiger partial charge in [0.1, 0.15) is 0 Å². The van der Waals surface area contributed by atoms with E-state index in [9.17, 15) is 4.79 Å². The van der Waals surface area contributed by atoms with Crippen LogP contribution in [0.15, 0.2) is 27.1 Å². The highest BCUT2D eigenvalue weighted by Crippen LogP contribution is 2.22. The van der Waals surface area contributed by atoms with Gasteiger partial charge in [0.25, 0.3) is 5.91 Å². The van der Waals surface area contributed by atoms with E-state index in [0.717, 1.165) is 21.2 Å². The van der Waals surface area contributed by atoms with Gasteiger partial charge in [-0.25, -0.2) is 0 Å². The van der Waals surface area contributed by atoms with Crippen LogP contribution in [0.25, 0.3) is 0 Å². The topological polar surface area (TPSA) is 20.3 Å². The number of halogens is 2. The minimum Gasteiger partial charge on any atom is -0.341 e. The van der Waals surface area contributed by atoms with E-state index >= 15 is 0 Å². The molecule has 1 aromatic carbocycles. The Morgan fingerprint density at radius 2 is 2.12 bits per heavy atom. The van der Waals surface area contributed by atoms with Gasteiger partial charge >= 0.3 is 0 Å². The van der Waals surface area contributed by atoms with Crippen LogP contribution in [0.4, 0.5) is 0 Å². The highest BCUT2D eigenvalue weighted by molar-refractivity contribution is 9.11. The van der Waals surface area contributed by atoms with Crippen molar-refractivity contribution in [3.63, 3.8) is 0 Å². The van der Waals surface area contributed by atoms with Crippen molar-refractivity contribution in [1.82, 2.24) is 4.90 Å². The fourth-order valence-electron chi connectivity index (χ4n) is 1.20. The van der Waals surface area contributed by atoms with E-state index < -0.39 is 0 Å². The highest BCUT2D eigenvalue weighted by Gasteiger charge is 2.14. The van der Waals surface area contributed by atoms with Crippen molar-refractivity contribution < 1.29 is 4.79 Å². The summed E-state index contributed by atoms with van der Waals surface area (Å²) in [5.41, 5.74) is 0.693. The molecule has 1 rings (SSSR count). The van der Waals surface area contributed by atoms with Gasteiger partial charge in [-0.3, -0.25) is 4.79 Å². The largest absolute Gasteiger partial charge is 0.341 e. The van der Waals surface area contributed by atoms with Gasteiger partial charge in [0, 0.05) is 28.3 Å². The highest BCUT2D eigenvalue weighted by atomic mass is 79.9. The third-order valence-corrected chi connectivity index (χ3v) is 3.91. The Morgan fingerprint density at radius 3 is 2.75 bits per heavy atom. The molecule has 5 heteroatoms. The molecule has 0 radical (unpaired) electrons. The van der Waals surface area contributed by atoms with Gasteiger partial charge in [-0.1, -0.05) is 15.9 Å². The van der Waals surface area contributed by atoms with Gasteiger partial charge in [-0.15, -0.1) is 0 Å². The summed E-state index contributed by atoms with van der Waals surface area (Å²) in [6, 6.07) is 5.62. The molecule has 88 valence electrons. The Balaban J connectivity index is 2.83. The number of thioether (sulfide) groups is 1. The zero-order valence-corrected chi connectivity index (χ0v) is 13.2. The fraction of sp³-hybridized carbons (Fsp3) is 0.364. The Labute approximate surface area is 117 Å². The monoisotopic (exact) mass is 365 g/mol. The summed E-state index contributed by atoms with van der Waals surface area (Å²) >= 11 is 8.50. The summed E-state index contributed by atoms with van der Waals surface area (Å²) in [5, 5.41) is 0. The molecule has 0 bridgehead atoms. The van der Waals surface area contributed by atoms with Crippen LogP contribution in [0.3, 0.4) is 0 Å². The summed E-state index contributed by atoms with van der Waals surface area (Å²) in [6.45, 7) is 0.763. The predicted octanol–water partition coefficient (Wildman–Crippen LogP) is 3.65. The van der Waals surface area contributed by atoms with Crippen molar-refractivity contribution in [1.29, 1.82) is 0 Å². The average molecular weight is 367 g/mol. The molecule has 0 spiro atoms. The first kappa shape index (κ1) is 14.1. The fourth-order valence-corrected chi connectivity index (χ4v) is 2.43. The summed E-state index contributed by atoms with van der Waals surface area (Å²) < 4.78 is 1.74. The van der Waals surface area contributed by atoms with E-state index in [1.165, 1.54) is 0 Å². The van der Waals surface area contributed by atoms with E-state index in [1.54, 1.807) is 16.7 Å². The quantitative estimate of drug-likeness (QED) is 0.810. The molecule has 0 aromatic heterocycles. The number of carbonyl (C=O) groups excluding carboxylic acids is 1. The van der Waals surface area contributed by atoms with E-state index in [0.29, 0.717) is 5.56 Å². The summed E-state index contributed by atoms with van der Waals surface area (Å²) in [5.74, 6) is 0.996. The molecule has 1 aromatic rings. The van der Waals surface area contributed by atoms with Gasteiger partial charge in [-0.05, 0) is 40.4 Å². The van der Waals surface area contributed by atoms with Crippen molar-refractivity contribution in [3.8, 4) is 0 Å². The standard InChI is InChI=1S/C11H13Br2NOS/c1-14(5-6-16-2)11(15)9-7-8(12)3-4-10(9)13/h3-4,7H,5-6H2,1-2H3. The second kappa shape index (κ2) is 6.67. The van der Waals surface area contributed by atoms with Crippen molar-refractivity contribution in [2.45, 2.75) is 0 Å². The Bertz CT molecular complexity index is 384. The summed E-state index contributed by atoms with van der Waals surface area (Å²) in [7, 11) is 1.83. The van der Waals surface area contributed by atoms with Crippen molar-refractivity contribution in [2.24, 2.45) is 0 Å². The number of hydrogen-bond acceptors (Lipinski definition) is 2. The van der Waals surface area contributed by atoms with Crippen molar-refractivity contribution >= 4 is 49.5 Å². The van der Waals surface area contributed by atoms with E-state index in [1.807, 2.05) is 31.5 Å². The maximum atomic E-state index is 12.1. The van der Waals surface area contributed by atoms with Gasteiger partial charge in [0.05, 0.1) is 5.56 Å². The lowest BCUT2D eigenvalue weighted by molar-refractivity contribution is 0.0803. The summed E-state index contributed by atoms with van der Waals surface area (Å²) in [6.07, 6.45) is 2.04. The molecule has 0 fully saturated rings. The number of hydrogen-bond donors (Lipinski definition) is 0. The van der Waals surface area contributed by atoms with Crippen LogP contribution in [-0.4, -0.2) is 36.4 Å². The van der Waals surface area contributed by atoms with Gasteiger partial charge in [0.2, 0.25) is 0 Å². The molecule has 0 saturated carbocycles. The first-order valence-corrected chi connectivity index (χ1v) is 7.73. The van der Waals surface area contributed by atoms with Crippen LogP contribution in [0.2, 0.25) is 0 Å². The molecule has 0 aliphatic carbocycles. The van der Waals surface area contributed by atoms with E-state index in [4.69, 9.17) is 0 Å². The number of nitrogens with zero attached hydrogens (tertiary/aromatic N) is 1. The molecule has 0 aliphatic heterocycles. The van der Waals surface area contributed by atoms with Crippen LogP contribution < -0.4 is 0 Å². The van der Waals surface area contributed by atoms with Gasteiger partial charge in [-0.2, -0.15) is 11.8 Å². The predicted molar refractivity (Wildman–Crippen MR) is 77.2 cm³/mol. The molecule has 0 N–H and O–H groups in total. The number of benzene rings is 1. The second-order valence-corrected chi connectivity index (χ2v) is 6.10. The Morgan fingerprint density at radius 1 is 1.44 bits per heavy atom. The molecule has 0 aliphatic rings. The normalized spacial score (nSPS) is 10.2. The lowest BCUT2D eigenvalue weighted by Gasteiger charge is -2.17. The maximum absolute atomic E-state index is 12.1. The molecule has 0 saturated heterocycles. The summed E-state index contributed by atoms with van der Waals surface area (Å²) in [4.78, 5) is 13.8. The van der Waals surface area contributed by atoms with Crippen LogP contribution in [0.5, 0.6) is 0 Å². The molecule has 0 heterocycles. The second-order valence-electron chi connectivity index (χ2n) is 3.34. The maximum Gasteiger partial charge on any atom is 0.254 e. The Kier molecular flexibility index (Phi) is 5.86. The lowest BCUT2D eigenvalue weighted by Crippen LogP contribution is -2.29. The molecule has 0 unspecified atom stereocenters. The van der Waals surface area contributed by atoms with Gasteiger partial charge in [0.15, 0.2) is 0 Å². The van der Waals surface area contributed by atoms with Crippen molar-refractivity contribution in [2.75, 3.05) is 25.6 Å². The first-order chi connectivity index (χ1) is 7.56. The SMILES string of the molecule is CSCCN(C)C(=O)c1cc(Br)ccc1Br. The number of carbonyl (C=O) groups is 1. The molecule has 16 heavy (non-hydrogen) atoms. The first-order valence-electron chi connectivity index (χ1n) is 4.75. The molecule has 2 nitrogen and oxygen atoms in total. The molecule has 1 amide bonds. The van der Waals surface area contributed by atoms with Crippen LogP contribution >= 0.6 is 43.6 Å². The molecular formula is C11H13Br2NOS. The number of amides is 1. The minimum absolute atomic E-state index is 0.0437. The van der Waals surface area contributed by atoms with E-state index in [2.05, 4.69) is 31.9 Å². The third kappa shape index (κ3) is 3.79. The Hall–Kier alpha value is -0.000000000000000111. The van der Waals surface area contributed by atoms with Crippen molar-refractivity contribution in [3.05, 3.63) is 32.7 Å². The van der Waals surface area contributed by atoms with Crippen LogP contribution in [0, 0.1) is 0 Å².